The van der Waals surface area contributed by atoms with Crippen LogP contribution in [0, 0.1) is 0 Å². The average molecular weight is 449 g/mol. The highest BCUT2D eigenvalue weighted by atomic mass is 32.2. The van der Waals surface area contributed by atoms with Gasteiger partial charge in [0.15, 0.2) is 5.75 Å². The van der Waals surface area contributed by atoms with E-state index in [1.807, 2.05) is 6.92 Å². The number of carbonyl (C=O) groups excluding carboxylic acids is 1. The van der Waals surface area contributed by atoms with E-state index < -0.39 is 21.7 Å². The number of aromatic amines is 2. The summed E-state index contributed by atoms with van der Waals surface area (Å²) in [6.45, 7) is 3.56. The molecule has 3 heterocycles. The Kier molecular flexibility index (Phi) is 5.99. The number of hydrogen-bond donors (Lipinski definition) is 4. The minimum absolute atomic E-state index is 0.0626. The maximum Gasteiger partial charge on any atom is 0.513 e. The first-order valence-corrected chi connectivity index (χ1v) is 11.6. The Balaban J connectivity index is 1.76. The number of pyridine rings is 1. The molecule has 0 saturated carbocycles. The number of H-pyrrole nitrogens is 2. The van der Waals surface area contributed by atoms with Gasteiger partial charge in [0.2, 0.25) is 10.0 Å². The van der Waals surface area contributed by atoms with Crippen molar-refractivity contribution in [3.05, 3.63) is 34.7 Å². The fraction of sp³-hybridized carbons (Fsp3) is 0.400. The first-order valence-electron chi connectivity index (χ1n) is 10.1. The molecule has 2 aromatic heterocycles. The van der Waals surface area contributed by atoms with Crippen LogP contribution in [-0.4, -0.2) is 50.3 Å². The molecular weight excluding hydrogens is 424 g/mol. The number of rotatable bonds is 6. The smallest absolute Gasteiger partial charge is 0.434 e. The van der Waals surface area contributed by atoms with Crippen molar-refractivity contribution < 1.29 is 22.7 Å². The number of benzene rings is 1. The lowest BCUT2D eigenvalue weighted by atomic mass is 10.1. The molecule has 3 aromatic rings. The Bertz CT molecular complexity index is 1270. The molecule has 1 fully saturated rings. The number of nitrogens with one attached hydrogen (secondary N) is 4. The van der Waals surface area contributed by atoms with Gasteiger partial charge < -0.3 is 24.8 Å². The summed E-state index contributed by atoms with van der Waals surface area (Å²) in [5.74, 6) is 0.0908. The topological polar surface area (TPSA) is 142 Å². The fourth-order valence-electron chi connectivity index (χ4n) is 3.66. The maximum absolute atomic E-state index is 12.9. The molecule has 166 valence electrons. The Hall–Kier alpha value is -2.89. The van der Waals surface area contributed by atoms with Crippen LogP contribution >= 0.6 is 0 Å². The number of aromatic nitrogens is 2. The maximum atomic E-state index is 12.9. The minimum Gasteiger partial charge on any atom is -0.434 e. The molecular formula is C20H24N4O6S. The van der Waals surface area contributed by atoms with Crippen molar-refractivity contribution in [1.29, 1.82) is 0 Å². The highest BCUT2D eigenvalue weighted by Gasteiger charge is 2.23. The van der Waals surface area contributed by atoms with Gasteiger partial charge in [-0.25, -0.2) is 17.9 Å². The summed E-state index contributed by atoms with van der Waals surface area (Å²) in [7, 11) is -3.77. The molecule has 4 rings (SSSR count). The molecule has 0 atom stereocenters. The van der Waals surface area contributed by atoms with Crippen molar-refractivity contribution in [1.82, 2.24) is 20.0 Å². The number of piperidine rings is 1. The number of hydrogen-bond acceptors (Lipinski definition) is 7. The zero-order valence-electron chi connectivity index (χ0n) is 17.0. The third-order valence-corrected chi connectivity index (χ3v) is 6.69. The highest BCUT2D eigenvalue weighted by Crippen LogP contribution is 2.32. The number of fused-ring (bicyclic) bond motifs is 3. The van der Waals surface area contributed by atoms with Crippen LogP contribution in [0.3, 0.4) is 0 Å². The Morgan fingerprint density at radius 3 is 2.77 bits per heavy atom. The fourth-order valence-corrected chi connectivity index (χ4v) is 4.99. The number of ether oxygens (including phenoxy) is 2. The van der Waals surface area contributed by atoms with Gasteiger partial charge in [0.05, 0.1) is 16.9 Å². The Labute approximate surface area is 178 Å². The van der Waals surface area contributed by atoms with Crippen molar-refractivity contribution in [3.8, 4) is 5.75 Å². The molecule has 0 radical (unpaired) electrons. The number of sulfonamides is 1. The predicted molar refractivity (Wildman–Crippen MR) is 115 cm³/mol. The second kappa shape index (κ2) is 8.69. The van der Waals surface area contributed by atoms with Gasteiger partial charge in [0.1, 0.15) is 5.52 Å². The molecule has 1 saturated heterocycles. The Morgan fingerprint density at radius 1 is 1.26 bits per heavy atom. The summed E-state index contributed by atoms with van der Waals surface area (Å²) in [6, 6.07) is 4.29. The zero-order valence-corrected chi connectivity index (χ0v) is 17.8. The first kappa shape index (κ1) is 21.3. The Morgan fingerprint density at radius 2 is 2.03 bits per heavy atom. The van der Waals surface area contributed by atoms with Crippen molar-refractivity contribution >= 4 is 38.0 Å². The molecule has 0 bridgehead atoms. The molecule has 0 amide bonds. The van der Waals surface area contributed by atoms with E-state index in [9.17, 15) is 18.0 Å². The lowest BCUT2D eigenvalue weighted by molar-refractivity contribution is 0.0997. The molecule has 0 spiro atoms. The van der Waals surface area contributed by atoms with Gasteiger partial charge >= 0.3 is 6.16 Å². The largest absolute Gasteiger partial charge is 0.513 e. The standard InChI is InChI=1S/C20H24N4O6S/c1-2-9-29-20(26)30-16-11-22-18-17(16)14-10-13(3-4-15(14)23-19(18)25)31(27,28)24-12-5-7-21-8-6-12/h3-4,10-12,21-22,24H,2,5-9H2,1H3,(H,23,25). The SMILES string of the molecule is CCCOC(=O)Oc1c[nH]c2c(=O)[nH]c3ccc(S(=O)(=O)NC4CCNCC4)cc3c12. The normalized spacial score (nSPS) is 15.4. The van der Waals surface area contributed by atoms with Crippen LogP contribution in [-0.2, 0) is 14.8 Å². The van der Waals surface area contributed by atoms with Gasteiger partial charge in [-0.2, -0.15) is 0 Å². The molecule has 1 aliphatic rings. The van der Waals surface area contributed by atoms with Crippen molar-refractivity contribution in [2.24, 2.45) is 0 Å². The second-order valence-corrected chi connectivity index (χ2v) is 9.12. The minimum atomic E-state index is -3.77. The van der Waals surface area contributed by atoms with Gasteiger partial charge in [0, 0.05) is 23.1 Å². The van der Waals surface area contributed by atoms with E-state index >= 15 is 0 Å². The third kappa shape index (κ3) is 4.43. The average Bonchev–Trinajstić information content (AvgIpc) is 3.17. The summed E-state index contributed by atoms with van der Waals surface area (Å²) >= 11 is 0. The summed E-state index contributed by atoms with van der Waals surface area (Å²) in [5.41, 5.74) is 0.180. The van der Waals surface area contributed by atoms with Crippen LogP contribution in [0.5, 0.6) is 5.75 Å². The molecule has 31 heavy (non-hydrogen) atoms. The zero-order chi connectivity index (χ0) is 22.0. The van der Waals surface area contributed by atoms with Crippen LogP contribution in [0.15, 0.2) is 34.1 Å². The van der Waals surface area contributed by atoms with Gasteiger partial charge in [-0.15, -0.1) is 0 Å². The third-order valence-electron chi connectivity index (χ3n) is 5.17. The molecule has 10 nitrogen and oxygen atoms in total. The van der Waals surface area contributed by atoms with Crippen LogP contribution in [0.4, 0.5) is 4.79 Å². The van der Waals surface area contributed by atoms with E-state index in [4.69, 9.17) is 9.47 Å². The van der Waals surface area contributed by atoms with Crippen LogP contribution in [0.25, 0.3) is 21.8 Å². The van der Waals surface area contributed by atoms with E-state index in [2.05, 4.69) is 20.0 Å². The lowest BCUT2D eigenvalue weighted by Crippen LogP contribution is -2.42. The van der Waals surface area contributed by atoms with E-state index in [0.29, 0.717) is 35.6 Å². The molecule has 1 aliphatic heterocycles. The van der Waals surface area contributed by atoms with Crippen LogP contribution in [0.1, 0.15) is 26.2 Å². The summed E-state index contributed by atoms with van der Waals surface area (Å²) in [5, 5.41) is 3.94. The first-order chi connectivity index (χ1) is 14.9. The summed E-state index contributed by atoms with van der Waals surface area (Å²) < 4.78 is 38.9. The monoisotopic (exact) mass is 448 g/mol. The van der Waals surface area contributed by atoms with Crippen molar-refractivity contribution in [3.63, 3.8) is 0 Å². The van der Waals surface area contributed by atoms with Crippen molar-refractivity contribution in [2.45, 2.75) is 37.1 Å². The van der Waals surface area contributed by atoms with Crippen LogP contribution in [0.2, 0.25) is 0 Å². The molecule has 1 aromatic carbocycles. The van der Waals surface area contributed by atoms with Crippen LogP contribution < -0.4 is 20.3 Å². The molecule has 0 unspecified atom stereocenters. The quantitative estimate of drug-likeness (QED) is 0.422. The van der Waals surface area contributed by atoms with Gasteiger partial charge in [-0.3, -0.25) is 4.79 Å². The van der Waals surface area contributed by atoms with Crippen molar-refractivity contribution in [2.75, 3.05) is 19.7 Å². The summed E-state index contributed by atoms with van der Waals surface area (Å²) in [4.78, 5) is 29.9. The van der Waals surface area contributed by atoms with Gasteiger partial charge in [-0.1, -0.05) is 6.92 Å². The van der Waals surface area contributed by atoms with E-state index in [-0.39, 0.29) is 28.8 Å². The molecule has 4 N–H and O–H groups in total. The summed E-state index contributed by atoms with van der Waals surface area (Å²) in [6.07, 6.45) is 2.53. The highest BCUT2D eigenvalue weighted by molar-refractivity contribution is 7.89. The van der Waals surface area contributed by atoms with Gasteiger partial charge in [-0.05, 0) is 50.6 Å². The van der Waals surface area contributed by atoms with E-state index in [1.165, 1.54) is 24.4 Å². The molecule has 0 aliphatic carbocycles. The number of carbonyl (C=O) groups is 1. The second-order valence-electron chi connectivity index (χ2n) is 7.41. The van der Waals surface area contributed by atoms with E-state index in [1.54, 1.807) is 0 Å². The lowest BCUT2D eigenvalue weighted by Gasteiger charge is -2.23. The molecule has 11 heteroatoms. The predicted octanol–water partition coefficient (Wildman–Crippen LogP) is 1.97. The van der Waals surface area contributed by atoms with E-state index in [0.717, 1.165) is 13.1 Å². The van der Waals surface area contributed by atoms with Gasteiger partial charge in [0.25, 0.3) is 5.56 Å².